The molecule has 2 N–H and O–H groups in total. The lowest BCUT2D eigenvalue weighted by Crippen LogP contribution is -2.50. The van der Waals surface area contributed by atoms with Crippen LogP contribution in [0, 0.1) is 6.92 Å². The Morgan fingerprint density at radius 1 is 1.09 bits per heavy atom. The molecule has 1 heterocycles. The molecule has 1 fully saturated rings. The second-order valence-corrected chi connectivity index (χ2v) is 10.4. The van der Waals surface area contributed by atoms with Gasteiger partial charge in [-0.1, -0.05) is 46.3 Å². The Morgan fingerprint density at radius 3 is 2.14 bits per heavy atom. The molecule has 13 heteroatoms. The number of carboxylic acid groups (broad SMARTS) is 1. The fourth-order valence-corrected chi connectivity index (χ4v) is 5.04. The molecule has 8 nitrogen and oxygen atoms in total. The second-order valence-electron chi connectivity index (χ2n) is 7.60. The van der Waals surface area contributed by atoms with Crippen LogP contribution in [-0.2, 0) is 26.2 Å². The van der Waals surface area contributed by atoms with E-state index in [-0.39, 0.29) is 23.9 Å². The molecular weight excluding hydrogens is 555 g/mol. The van der Waals surface area contributed by atoms with Gasteiger partial charge >= 0.3 is 12.1 Å². The van der Waals surface area contributed by atoms with Gasteiger partial charge in [-0.25, -0.2) is 13.2 Å². The number of rotatable bonds is 6. The van der Waals surface area contributed by atoms with Gasteiger partial charge in [0.05, 0.1) is 11.4 Å². The summed E-state index contributed by atoms with van der Waals surface area (Å²) in [6, 6.07) is 14.3. The summed E-state index contributed by atoms with van der Waals surface area (Å²) in [5.41, 5.74) is 1.49. The molecule has 0 radical (unpaired) electrons. The molecule has 0 saturated carbocycles. The Hall–Kier alpha value is -2.48. The van der Waals surface area contributed by atoms with Crippen LogP contribution in [0.4, 0.5) is 13.2 Å². The van der Waals surface area contributed by atoms with Crippen molar-refractivity contribution in [3.8, 4) is 0 Å². The minimum atomic E-state index is -5.08. The van der Waals surface area contributed by atoms with Crippen molar-refractivity contribution in [2.24, 2.45) is 0 Å². The van der Waals surface area contributed by atoms with Gasteiger partial charge in [-0.05, 0) is 36.2 Å². The third-order valence-corrected chi connectivity index (χ3v) is 7.49. The van der Waals surface area contributed by atoms with E-state index < -0.39 is 22.2 Å². The van der Waals surface area contributed by atoms with Crippen molar-refractivity contribution < 1.29 is 36.3 Å². The second kappa shape index (κ2) is 12.5. The lowest BCUT2D eigenvalue weighted by molar-refractivity contribution is -0.192. The van der Waals surface area contributed by atoms with E-state index in [0.717, 1.165) is 23.1 Å². The predicted octanol–water partition coefficient (Wildman–Crippen LogP) is 3.01. The Bertz CT molecular complexity index is 1120. The number of aliphatic carboxylic acids is 1. The first kappa shape index (κ1) is 28.8. The molecule has 0 aliphatic carbocycles. The number of halogens is 4. The van der Waals surface area contributed by atoms with Gasteiger partial charge in [0.25, 0.3) is 0 Å². The minimum Gasteiger partial charge on any atom is -0.475 e. The first-order valence-electron chi connectivity index (χ1n) is 10.4. The van der Waals surface area contributed by atoms with Gasteiger partial charge in [-0.3, -0.25) is 4.79 Å². The Labute approximate surface area is 209 Å². The van der Waals surface area contributed by atoms with E-state index in [4.69, 9.17) is 9.90 Å². The minimum absolute atomic E-state index is 0.141. The number of benzene rings is 2. The zero-order valence-electron chi connectivity index (χ0n) is 18.8. The smallest absolute Gasteiger partial charge is 0.475 e. The highest BCUT2D eigenvalue weighted by molar-refractivity contribution is 9.10. The van der Waals surface area contributed by atoms with Crippen molar-refractivity contribution in [3.05, 3.63) is 64.1 Å². The van der Waals surface area contributed by atoms with Crippen LogP contribution in [0.1, 0.15) is 11.1 Å². The molecule has 1 saturated heterocycles. The molecule has 0 spiro atoms. The Morgan fingerprint density at radius 2 is 1.63 bits per heavy atom. The molecule has 1 aliphatic rings. The molecule has 3 rings (SSSR count). The molecular formula is C22H25BrF3N3O5S. The van der Waals surface area contributed by atoms with E-state index in [1.54, 1.807) is 36.1 Å². The number of amides is 1. The maximum atomic E-state index is 13.4. The van der Waals surface area contributed by atoms with E-state index in [0.29, 0.717) is 18.7 Å². The van der Waals surface area contributed by atoms with E-state index in [9.17, 15) is 26.4 Å². The lowest BCUT2D eigenvalue weighted by Gasteiger charge is -2.30. The number of sulfonamides is 1. The van der Waals surface area contributed by atoms with Crippen molar-refractivity contribution in [1.82, 2.24) is 14.5 Å². The SMILES string of the molecule is Cc1ccccc1S(=O)(=O)N(CC(=O)N1CCNCC1)Cc1ccc(Br)cc1.O=C(O)C(F)(F)F. The largest absolute Gasteiger partial charge is 0.490 e. The zero-order chi connectivity index (χ0) is 26.2. The summed E-state index contributed by atoms with van der Waals surface area (Å²) in [5.74, 6) is -2.93. The number of aryl methyl sites for hydroxylation is 1. The molecule has 2 aromatic carbocycles. The highest BCUT2D eigenvalue weighted by Gasteiger charge is 2.38. The van der Waals surface area contributed by atoms with Crippen LogP contribution < -0.4 is 5.32 Å². The van der Waals surface area contributed by atoms with E-state index in [1.807, 2.05) is 24.3 Å². The van der Waals surface area contributed by atoms with Crippen molar-refractivity contribution in [1.29, 1.82) is 0 Å². The normalized spacial score (nSPS) is 14.3. The maximum absolute atomic E-state index is 13.4. The number of hydrogen-bond donors (Lipinski definition) is 2. The van der Waals surface area contributed by atoms with Crippen molar-refractivity contribution >= 4 is 37.8 Å². The van der Waals surface area contributed by atoms with Crippen LogP contribution in [0.2, 0.25) is 0 Å². The van der Waals surface area contributed by atoms with Crippen LogP contribution in [0.25, 0.3) is 0 Å². The highest BCUT2D eigenvalue weighted by Crippen LogP contribution is 2.22. The third-order valence-electron chi connectivity index (χ3n) is 5.01. The van der Waals surface area contributed by atoms with Crippen LogP contribution >= 0.6 is 15.9 Å². The van der Waals surface area contributed by atoms with E-state index >= 15 is 0 Å². The molecule has 35 heavy (non-hydrogen) atoms. The number of carbonyl (C=O) groups is 2. The summed E-state index contributed by atoms with van der Waals surface area (Å²) >= 11 is 3.39. The number of piperazine rings is 1. The van der Waals surface area contributed by atoms with Crippen molar-refractivity contribution in [3.63, 3.8) is 0 Å². The quantitative estimate of drug-likeness (QED) is 0.545. The number of carboxylic acids is 1. The Kier molecular flexibility index (Phi) is 10.2. The van der Waals surface area contributed by atoms with Gasteiger partial charge in [0, 0.05) is 37.2 Å². The summed E-state index contributed by atoms with van der Waals surface area (Å²) in [6.45, 7) is 4.37. The van der Waals surface area contributed by atoms with Crippen LogP contribution in [0.3, 0.4) is 0 Å². The van der Waals surface area contributed by atoms with Gasteiger partial charge in [0.1, 0.15) is 0 Å². The highest BCUT2D eigenvalue weighted by atomic mass is 79.9. The van der Waals surface area contributed by atoms with Gasteiger partial charge < -0.3 is 15.3 Å². The standard InChI is InChI=1S/C20H24BrN3O3S.C2HF3O2/c1-16-4-2-3-5-19(16)28(26,27)24(14-17-6-8-18(21)9-7-17)15-20(25)23-12-10-22-11-13-23;3-2(4,5)1(6)7/h2-9,22H,10-15H2,1H3;(H,6,7). The van der Waals surface area contributed by atoms with E-state index in [1.165, 1.54) is 4.31 Å². The molecule has 192 valence electrons. The topological polar surface area (TPSA) is 107 Å². The lowest BCUT2D eigenvalue weighted by atomic mass is 10.2. The zero-order valence-corrected chi connectivity index (χ0v) is 21.2. The molecule has 2 aromatic rings. The summed E-state index contributed by atoms with van der Waals surface area (Å²) < 4.78 is 60.7. The van der Waals surface area contributed by atoms with Crippen LogP contribution in [0.15, 0.2) is 57.9 Å². The third kappa shape index (κ3) is 8.60. The molecule has 1 aliphatic heterocycles. The van der Waals surface area contributed by atoms with Crippen LogP contribution in [-0.4, -0.2) is 73.5 Å². The van der Waals surface area contributed by atoms with Gasteiger partial charge in [0.15, 0.2) is 0 Å². The monoisotopic (exact) mass is 579 g/mol. The van der Waals surface area contributed by atoms with Crippen molar-refractivity contribution in [2.75, 3.05) is 32.7 Å². The van der Waals surface area contributed by atoms with Gasteiger partial charge in [-0.15, -0.1) is 0 Å². The summed E-state index contributed by atoms with van der Waals surface area (Å²) in [7, 11) is -3.82. The van der Waals surface area contributed by atoms with Crippen molar-refractivity contribution in [2.45, 2.75) is 24.5 Å². The molecule has 0 aromatic heterocycles. The first-order chi connectivity index (χ1) is 16.3. The summed E-state index contributed by atoms with van der Waals surface area (Å²) in [6.07, 6.45) is -5.08. The molecule has 0 atom stereocenters. The van der Waals surface area contributed by atoms with E-state index in [2.05, 4.69) is 21.2 Å². The summed E-state index contributed by atoms with van der Waals surface area (Å²) in [5, 5.41) is 10.3. The number of alkyl halides is 3. The molecule has 0 bridgehead atoms. The number of carbonyl (C=O) groups excluding carboxylic acids is 1. The fraction of sp³-hybridized carbons (Fsp3) is 0.364. The first-order valence-corrected chi connectivity index (χ1v) is 12.6. The van der Waals surface area contributed by atoms with Gasteiger partial charge in [-0.2, -0.15) is 17.5 Å². The number of nitrogens with zero attached hydrogens (tertiary/aromatic N) is 2. The molecule has 0 unspecified atom stereocenters. The number of hydrogen-bond acceptors (Lipinski definition) is 5. The number of nitrogens with one attached hydrogen (secondary N) is 1. The predicted molar refractivity (Wildman–Crippen MR) is 126 cm³/mol. The fourth-order valence-electron chi connectivity index (χ4n) is 3.17. The van der Waals surface area contributed by atoms with Crippen LogP contribution in [0.5, 0.6) is 0 Å². The Balaban J connectivity index is 0.000000540. The average molecular weight is 580 g/mol. The maximum Gasteiger partial charge on any atom is 0.490 e. The summed E-state index contributed by atoms with van der Waals surface area (Å²) in [4.78, 5) is 23.7. The van der Waals surface area contributed by atoms with Gasteiger partial charge in [0.2, 0.25) is 15.9 Å². The average Bonchev–Trinajstić information content (AvgIpc) is 2.80. The molecule has 1 amide bonds.